The van der Waals surface area contributed by atoms with Crippen molar-refractivity contribution in [3.63, 3.8) is 0 Å². The molecule has 0 spiro atoms. The molecule has 1 amide bonds. The van der Waals surface area contributed by atoms with Crippen LogP contribution in [0, 0.1) is 11.3 Å². The maximum absolute atomic E-state index is 12.2. The molecule has 1 N–H and O–H groups in total. The summed E-state index contributed by atoms with van der Waals surface area (Å²) in [6.07, 6.45) is 1.16. The van der Waals surface area contributed by atoms with Crippen LogP contribution in [0.15, 0.2) is 23.6 Å². The Morgan fingerprint density at radius 2 is 2.16 bits per heavy atom. The molecule has 0 bridgehead atoms. The predicted octanol–water partition coefficient (Wildman–Crippen LogP) is 3.42. The van der Waals surface area contributed by atoms with Crippen molar-refractivity contribution in [2.75, 3.05) is 26.1 Å². The summed E-state index contributed by atoms with van der Waals surface area (Å²) in [5, 5.41) is 14.8. The zero-order valence-electron chi connectivity index (χ0n) is 14.0. The standard InChI is InChI=1S/C18H18N2O4S/c1-22-14-6-5-11(8-16(14)23-2)13-10-25-18(12(13)9-19)20-17(21)15-4-3-7-24-15/h5-6,8,10,15H,3-4,7H2,1-2H3,(H,20,21)/t15-/m1/s1. The van der Waals surface area contributed by atoms with Gasteiger partial charge in [0.05, 0.1) is 19.8 Å². The molecule has 1 aliphatic rings. The Morgan fingerprint density at radius 3 is 2.80 bits per heavy atom. The summed E-state index contributed by atoms with van der Waals surface area (Å²) in [6.45, 7) is 0.602. The number of nitrogens with one attached hydrogen (secondary N) is 1. The number of hydrogen-bond donors (Lipinski definition) is 1. The Hall–Kier alpha value is -2.56. The molecular formula is C18H18N2O4S. The summed E-state index contributed by atoms with van der Waals surface area (Å²) in [5.74, 6) is 1.00. The summed E-state index contributed by atoms with van der Waals surface area (Å²) < 4.78 is 15.9. The average molecular weight is 358 g/mol. The van der Waals surface area contributed by atoms with Crippen molar-refractivity contribution < 1.29 is 19.0 Å². The van der Waals surface area contributed by atoms with Crippen molar-refractivity contribution in [1.29, 1.82) is 5.26 Å². The van der Waals surface area contributed by atoms with Gasteiger partial charge in [0.2, 0.25) is 0 Å². The normalized spacial score (nSPS) is 16.3. The monoisotopic (exact) mass is 358 g/mol. The van der Waals surface area contributed by atoms with Crippen LogP contribution >= 0.6 is 11.3 Å². The lowest BCUT2D eigenvalue weighted by atomic mass is 10.0. The van der Waals surface area contributed by atoms with Gasteiger partial charge in [0, 0.05) is 17.6 Å². The molecule has 0 saturated carbocycles. The molecule has 1 saturated heterocycles. The van der Waals surface area contributed by atoms with Crippen LogP contribution in [0.5, 0.6) is 11.5 Å². The molecule has 1 atom stereocenters. The molecule has 1 aliphatic heterocycles. The number of carbonyl (C=O) groups excluding carboxylic acids is 1. The van der Waals surface area contributed by atoms with Crippen LogP contribution in [0.25, 0.3) is 11.1 Å². The van der Waals surface area contributed by atoms with Crippen LogP contribution in [0.1, 0.15) is 18.4 Å². The number of methoxy groups -OCH3 is 2. The van der Waals surface area contributed by atoms with Crippen LogP contribution in [-0.2, 0) is 9.53 Å². The van der Waals surface area contributed by atoms with Gasteiger partial charge in [0.15, 0.2) is 11.5 Å². The molecule has 3 rings (SSSR count). The van der Waals surface area contributed by atoms with Crippen molar-refractivity contribution in [3.05, 3.63) is 29.1 Å². The molecular weight excluding hydrogens is 340 g/mol. The molecule has 1 aromatic heterocycles. The zero-order valence-corrected chi connectivity index (χ0v) is 14.8. The van der Waals surface area contributed by atoms with Gasteiger partial charge < -0.3 is 19.5 Å². The number of nitriles is 1. The number of amides is 1. The Labute approximate surface area is 149 Å². The van der Waals surface area contributed by atoms with Crippen LogP contribution in [0.2, 0.25) is 0 Å². The van der Waals surface area contributed by atoms with Gasteiger partial charge in [-0.1, -0.05) is 6.07 Å². The summed E-state index contributed by atoms with van der Waals surface area (Å²) in [6, 6.07) is 7.65. The summed E-state index contributed by atoms with van der Waals surface area (Å²) in [5.41, 5.74) is 2.00. The minimum absolute atomic E-state index is 0.199. The quantitative estimate of drug-likeness (QED) is 0.886. The fraction of sp³-hybridized carbons (Fsp3) is 0.333. The Balaban J connectivity index is 1.89. The van der Waals surface area contributed by atoms with Gasteiger partial charge in [0.25, 0.3) is 5.91 Å². The fourth-order valence-corrected chi connectivity index (χ4v) is 3.68. The molecule has 0 aliphatic carbocycles. The van der Waals surface area contributed by atoms with E-state index >= 15 is 0 Å². The summed E-state index contributed by atoms with van der Waals surface area (Å²) in [4.78, 5) is 12.2. The third-order valence-electron chi connectivity index (χ3n) is 4.06. The van der Waals surface area contributed by atoms with E-state index in [0.717, 1.165) is 17.5 Å². The smallest absolute Gasteiger partial charge is 0.254 e. The van der Waals surface area contributed by atoms with E-state index in [1.54, 1.807) is 20.3 Å². The van der Waals surface area contributed by atoms with Crippen molar-refractivity contribution >= 4 is 22.2 Å². The lowest BCUT2D eigenvalue weighted by Gasteiger charge is -2.10. The highest BCUT2D eigenvalue weighted by atomic mass is 32.1. The third-order valence-corrected chi connectivity index (χ3v) is 4.95. The minimum atomic E-state index is -0.432. The minimum Gasteiger partial charge on any atom is -0.493 e. The number of benzene rings is 1. The molecule has 130 valence electrons. The van der Waals surface area contributed by atoms with E-state index in [4.69, 9.17) is 14.2 Å². The summed E-state index contributed by atoms with van der Waals surface area (Å²) in [7, 11) is 3.13. The first-order valence-corrected chi connectivity index (χ1v) is 8.72. The lowest BCUT2D eigenvalue weighted by Crippen LogP contribution is -2.26. The molecule has 7 heteroatoms. The van der Waals surface area contributed by atoms with Gasteiger partial charge in [-0.15, -0.1) is 11.3 Å². The van der Waals surface area contributed by atoms with E-state index in [9.17, 15) is 10.1 Å². The molecule has 0 unspecified atom stereocenters. The second kappa shape index (κ2) is 7.55. The SMILES string of the molecule is COc1ccc(-c2csc(NC(=O)[C@H]3CCCO3)c2C#N)cc1OC. The van der Waals surface area contributed by atoms with E-state index < -0.39 is 6.10 Å². The van der Waals surface area contributed by atoms with Crippen molar-refractivity contribution in [2.45, 2.75) is 18.9 Å². The van der Waals surface area contributed by atoms with Crippen LogP contribution < -0.4 is 14.8 Å². The van der Waals surface area contributed by atoms with Crippen LogP contribution in [-0.4, -0.2) is 32.8 Å². The molecule has 1 fully saturated rings. The third kappa shape index (κ3) is 3.45. The van der Waals surface area contributed by atoms with Gasteiger partial charge in [-0.3, -0.25) is 4.79 Å². The number of ether oxygens (including phenoxy) is 3. The highest BCUT2D eigenvalue weighted by Gasteiger charge is 2.25. The number of rotatable bonds is 5. The van der Waals surface area contributed by atoms with Crippen molar-refractivity contribution in [2.24, 2.45) is 0 Å². The first-order valence-electron chi connectivity index (χ1n) is 7.84. The Morgan fingerprint density at radius 1 is 1.36 bits per heavy atom. The number of anilines is 1. The second-order valence-electron chi connectivity index (χ2n) is 5.53. The van der Waals surface area contributed by atoms with Gasteiger partial charge in [-0.2, -0.15) is 5.26 Å². The summed E-state index contributed by atoms with van der Waals surface area (Å²) >= 11 is 1.32. The van der Waals surface area contributed by atoms with E-state index in [1.807, 2.05) is 17.5 Å². The molecule has 25 heavy (non-hydrogen) atoms. The Kier molecular flexibility index (Phi) is 5.22. The highest BCUT2D eigenvalue weighted by Crippen LogP contribution is 2.39. The van der Waals surface area contributed by atoms with Crippen LogP contribution in [0.4, 0.5) is 5.00 Å². The van der Waals surface area contributed by atoms with Gasteiger partial charge >= 0.3 is 0 Å². The van der Waals surface area contributed by atoms with Gasteiger partial charge in [-0.05, 0) is 30.5 Å². The maximum Gasteiger partial charge on any atom is 0.254 e. The van der Waals surface area contributed by atoms with Crippen molar-refractivity contribution in [3.8, 4) is 28.7 Å². The average Bonchev–Trinajstić information content (AvgIpc) is 3.30. The number of carbonyl (C=O) groups is 1. The van der Waals surface area contributed by atoms with Gasteiger partial charge in [-0.25, -0.2) is 0 Å². The largest absolute Gasteiger partial charge is 0.493 e. The zero-order chi connectivity index (χ0) is 17.8. The van der Waals surface area contributed by atoms with Gasteiger partial charge in [0.1, 0.15) is 17.2 Å². The topological polar surface area (TPSA) is 80.6 Å². The van der Waals surface area contributed by atoms with E-state index in [2.05, 4.69) is 11.4 Å². The highest BCUT2D eigenvalue weighted by molar-refractivity contribution is 7.15. The second-order valence-corrected chi connectivity index (χ2v) is 6.41. The molecule has 2 heterocycles. The van der Waals surface area contributed by atoms with Crippen LogP contribution in [0.3, 0.4) is 0 Å². The molecule has 6 nitrogen and oxygen atoms in total. The molecule has 2 aromatic rings. The molecule has 0 radical (unpaired) electrons. The number of nitrogens with zero attached hydrogens (tertiary/aromatic N) is 1. The van der Waals surface area contributed by atoms with E-state index in [-0.39, 0.29) is 5.91 Å². The molecule has 1 aromatic carbocycles. The Bertz CT molecular complexity index is 819. The first-order chi connectivity index (χ1) is 12.2. The van der Waals surface area contributed by atoms with E-state index in [0.29, 0.717) is 35.1 Å². The lowest BCUT2D eigenvalue weighted by molar-refractivity contribution is -0.124. The predicted molar refractivity (Wildman–Crippen MR) is 95.2 cm³/mol. The van der Waals surface area contributed by atoms with Crippen molar-refractivity contribution in [1.82, 2.24) is 0 Å². The maximum atomic E-state index is 12.2. The van der Waals surface area contributed by atoms with E-state index in [1.165, 1.54) is 11.3 Å². The fourth-order valence-electron chi connectivity index (χ4n) is 2.75. The number of hydrogen-bond acceptors (Lipinski definition) is 6. The number of thiophene rings is 1. The first kappa shape index (κ1) is 17.3.